The molecule has 6 heteroatoms. The molecule has 0 heterocycles. The van der Waals surface area contributed by atoms with E-state index >= 15 is 0 Å². The molecule has 0 aromatic rings. The Morgan fingerprint density at radius 1 is 1.17 bits per heavy atom. The summed E-state index contributed by atoms with van der Waals surface area (Å²) in [6, 6.07) is 0. The molecule has 0 aromatic carbocycles. The summed E-state index contributed by atoms with van der Waals surface area (Å²) in [5.74, 6) is 0.502. The lowest BCUT2D eigenvalue weighted by Crippen LogP contribution is -2.16. The van der Waals surface area contributed by atoms with E-state index in [4.69, 9.17) is 25.2 Å². The fourth-order valence-corrected chi connectivity index (χ4v) is 2.15. The van der Waals surface area contributed by atoms with Crippen LogP contribution in [-0.2, 0) is 18.1 Å². The lowest BCUT2D eigenvalue weighted by Gasteiger charge is -2.22. The second kappa shape index (κ2) is 8.89. The van der Waals surface area contributed by atoms with Crippen molar-refractivity contribution in [1.29, 1.82) is 0 Å². The van der Waals surface area contributed by atoms with Crippen LogP contribution in [0.1, 0.15) is 20.3 Å². The number of phosphoric ester groups is 1. The molecule has 0 rings (SSSR count). The number of halogens is 1. The van der Waals surface area contributed by atoms with Gasteiger partial charge in [0.2, 0.25) is 0 Å². The summed E-state index contributed by atoms with van der Waals surface area (Å²) in [7, 11) is -3.53. The molecule has 0 N–H and O–H groups in total. The SMILES string of the molecule is C=CCOP(=O)(OCC=C)OCCC(C)(C)CCl. The highest BCUT2D eigenvalue weighted by molar-refractivity contribution is 7.48. The maximum absolute atomic E-state index is 12.1. The lowest BCUT2D eigenvalue weighted by molar-refractivity contribution is 0.119. The van der Waals surface area contributed by atoms with Gasteiger partial charge < -0.3 is 0 Å². The van der Waals surface area contributed by atoms with Gasteiger partial charge in [-0.15, -0.1) is 24.8 Å². The molecule has 0 unspecified atom stereocenters. The van der Waals surface area contributed by atoms with Crippen LogP contribution in [0.2, 0.25) is 0 Å². The first-order chi connectivity index (χ1) is 8.39. The van der Waals surface area contributed by atoms with E-state index in [-0.39, 0.29) is 25.2 Å². The molecule has 0 bridgehead atoms. The molecule has 0 aliphatic rings. The third-order valence-corrected chi connectivity index (χ3v) is 4.24. The average molecular weight is 297 g/mol. The van der Waals surface area contributed by atoms with Gasteiger partial charge in [-0.05, 0) is 11.8 Å². The van der Waals surface area contributed by atoms with Crippen LogP contribution < -0.4 is 0 Å². The molecule has 0 aromatic heterocycles. The van der Waals surface area contributed by atoms with Gasteiger partial charge in [0.15, 0.2) is 0 Å². The first-order valence-electron chi connectivity index (χ1n) is 5.70. The number of hydrogen-bond donors (Lipinski definition) is 0. The van der Waals surface area contributed by atoms with E-state index in [9.17, 15) is 4.57 Å². The summed E-state index contributed by atoms with van der Waals surface area (Å²) >= 11 is 5.80. The Bertz CT molecular complexity index is 288. The largest absolute Gasteiger partial charge is 0.475 e. The molecular weight excluding hydrogens is 275 g/mol. The normalized spacial score (nSPS) is 12.4. The van der Waals surface area contributed by atoms with Crippen LogP contribution in [0, 0.1) is 5.41 Å². The fraction of sp³-hybridized carbons (Fsp3) is 0.667. The summed E-state index contributed by atoms with van der Waals surface area (Å²) in [4.78, 5) is 0. The quantitative estimate of drug-likeness (QED) is 0.326. The predicted octanol–water partition coefficient (Wildman–Crippen LogP) is 4.17. The second-order valence-electron chi connectivity index (χ2n) is 4.50. The number of rotatable bonds is 11. The summed E-state index contributed by atoms with van der Waals surface area (Å²) < 4.78 is 27.4. The van der Waals surface area contributed by atoms with E-state index in [0.717, 1.165) is 0 Å². The number of hydrogen-bond acceptors (Lipinski definition) is 4. The third kappa shape index (κ3) is 8.06. The van der Waals surface area contributed by atoms with Gasteiger partial charge in [-0.25, -0.2) is 4.57 Å². The van der Waals surface area contributed by atoms with Crippen LogP contribution >= 0.6 is 19.4 Å². The molecular formula is C12H22ClO4P. The van der Waals surface area contributed by atoms with Gasteiger partial charge in [0.25, 0.3) is 0 Å². The van der Waals surface area contributed by atoms with E-state index < -0.39 is 7.82 Å². The Kier molecular flexibility index (Phi) is 8.83. The molecule has 0 aliphatic carbocycles. The third-order valence-electron chi connectivity index (χ3n) is 2.09. The minimum Gasteiger partial charge on any atom is -0.287 e. The van der Waals surface area contributed by atoms with Crippen LogP contribution in [0.15, 0.2) is 25.3 Å². The smallest absolute Gasteiger partial charge is 0.287 e. The zero-order valence-electron chi connectivity index (χ0n) is 11.1. The Balaban J connectivity index is 4.27. The monoisotopic (exact) mass is 296 g/mol. The first-order valence-corrected chi connectivity index (χ1v) is 7.70. The average Bonchev–Trinajstić information content (AvgIpc) is 2.34. The van der Waals surface area contributed by atoms with Crippen molar-refractivity contribution >= 4 is 19.4 Å². The van der Waals surface area contributed by atoms with Crippen molar-refractivity contribution in [3.05, 3.63) is 25.3 Å². The Morgan fingerprint density at radius 3 is 2.06 bits per heavy atom. The van der Waals surface area contributed by atoms with E-state index in [1.165, 1.54) is 12.2 Å². The zero-order chi connectivity index (χ0) is 14.1. The summed E-state index contributed by atoms with van der Waals surface area (Å²) in [6.07, 6.45) is 3.63. The predicted molar refractivity (Wildman–Crippen MR) is 75.0 cm³/mol. The molecule has 0 aliphatic heterocycles. The van der Waals surface area contributed by atoms with Crippen molar-refractivity contribution in [1.82, 2.24) is 0 Å². The van der Waals surface area contributed by atoms with Crippen molar-refractivity contribution in [2.24, 2.45) is 5.41 Å². The van der Waals surface area contributed by atoms with Crippen molar-refractivity contribution in [3.63, 3.8) is 0 Å². The van der Waals surface area contributed by atoms with Gasteiger partial charge in [0.1, 0.15) is 0 Å². The lowest BCUT2D eigenvalue weighted by atomic mass is 9.93. The Hall–Kier alpha value is -0.120. The highest BCUT2D eigenvalue weighted by atomic mass is 35.5. The van der Waals surface area contributed by atoms with Gasteiger partial charge in [0, 0.05) is 5.88 Å². The van der Waals surface area contributed by atoms with Crippen molar-refractivity contribution < 1.29 is 18.1 Å². The van der Waals surface area contributed by atoms with E-state index in [1.807, 2.05) is 13.8 Å². The summed E-state index contributed by atoms with van der Waals surface area (Å²) in [5.41, 5.74) is -0.0801. The molecule has 106 valence electrons. The van der Waals surface area contributed by atoms with Gasteiger partial charge in [-0.3, -0.25) is 13.6 Å². The van der Waals surface area contributed by atoms with Crippen LogP contribution in [0.3, 0.4) is 0 Å². The number of phosphoric acid groups is 1. The molecule has 18 heavy (non-hydrogen) atoms. The maximum Gasteiger partial charge on any atom is 0.475 e. The Labute approximate surface area is 115 Å². The van der Waals surface area contributed by atoms with Crippen molar-refractivity contribution in [2.45, 2.75) is 20.3 Å². The van der Waals surface area contributed by atoms with Gasteiger partial charge in [-0.1, -0.05) is 26.0 Å². The molecule has 0 fully saturated rings. The highest BCUT2D eigenvalue weighted by Crippen LogP contribution is 2.49. The summed E-state index contributed by atoms with van der Waals surface area (Å²) in [6.45, 7) is 11.4. The molecule has 0 atom stereocenters. The zero-order valence-corrected chi connectivity index (χ0v) is 12.7. The van der Waals surface area contributed by atoms with E-state index in [0.29, 0.717) is 12.3 Å². The molecule has 0 amide bonds. The number of alkyl halides is 1. The standard InChI is InChI=1S/C12H22ClO4P/c1-5-8-15-18(14,16-9-6-2)17-10-7-12(3,4)11-13/h5-6H,1-2,7-11H2,3-4H3. The summed E-state index contributed by atoms with van der Waals surface area (Å²) in [5, 5.41) is 0. The van der Waals surface area contributed by atoms with Crippen LogP contribution in [-0.4, -0.2) is 25.7 Å². The van der Waals surface area contributed by atoms with Crippen LogP contribution in [0.4, 0.5) is 0 Å². The highest BCUT2D eigenvalue weighted by Gasteiger charge is 2.27. The fourth-order valence-electron chi connectivity index (χ4n) is 0.900. The molecule has 0 saturated carbocycles. The van der Waals surface area contributed by atoms with E-state index in [1.54, 1.807) is 0 Å². The Morgan fingerprint density at radius 2 is 1.67 bits per heavy atom. The topological polar surface area (TPSA) is 44.8 Å². The van der Waals surface area contributed by atoms with Crippen molar-refractivity contribution in [3.8, 4) is 0 Å². The van der Waals surface area contributed by atoms with E-state index in [2.05, 4.69) is 13.2 Å². The first kappa shape index (κ1) is 17.9. The van der Waals surface area contributed by atoms with Gasteiger partial charge >= 0.3 is 7.82 Å². The molecule has 4 nitrogen and oxygen atoms in total. The van der Waals surface area contributed by atoms with Gasteiger partial charge in [0.05, 0.1) is 19.8 Å². The van der Waals surface area contributed by atoms with Crippen LogP contribution in [0.25, 0.3) is 0 Å². The maximum atomic E-state index is 12.1. The molecule has 0 saturated heterocycles. The second-order valence-corrected chi connectivity index (χ2v) is 6.43. The van der Waals surface area contributed by atoms with Gasteiger partial charge in [-0.2, -0.15) is 0 Å². The van der Waals surface area contributed by atoms with Crippen LogP contribution in [0.5, 0.6) is 0 Å². The molecule has 0 radical (unpaired) electrons. The molecule has 0 spiro atoms. The minimum atomic E-state index is -3.53. The van der Waals surface area contributed by atoms with Crippen molar-refractivity contribution in [2.75, 3.05) is 25.7 Å². The minimum absolute atomic E-state index is 0.0801.